The van der Waals surface area contributed by atoms with Crippen molar-refractivity contribution in [1.29, 1.82) is 5.41 Å². The maximum absolute atomic E-state index is 10.9. The summed E-state index contributed by atoms with van der Waals surface area (Å²) in [5.41, 5.74) is 16.5. The Kier molecular flexibility index (Phi) is 4.99. The maximum atomic E-state index is 10.9. The van der Waals surface area contributed by atoms with E-state index in [0.717, 1.165) is 17.3 Å². The molecule has 0 aliphatic carbocycles. The fraction of sp³-hybridized carbons (Fsp3) is 0.100. The van der Waals surface area contributed by atoms with E-state index in [1.165, 1.54) is 6.07 Å². The van der Waals surface area contributed by atoms with Crippen LogP contribution in [0.4, 0.5) is 0 Å². The monoisotopic (exact) mass is 285 g/mol. The normalized spacial score (nSPS) is 9.83. The third-order valence-electron chi connectivity index (χ3n) is 1.93. The quantitative estimate of drug-likeness (QED) is 0.485. The molecule has 0 atom stereocenters. The molecule has 1 aromatic carbocycles. The molecular weight excluding hydrogens is 274 g/mol. The Morgan fingerprint density at radius 1 is 1.39 bits per heavy atom. The zero-order valence-corrected chi connectivity index (χ0v) is 10.9. The number of benzene rings is 1. The lowest BCUT2D eigenvalue weighted by molar-refractivity contribution is 0.100. The van der Waals surface area contributed by atoms with Crippen molar-refractivity contribution in [3.8, 4) is 0 Å². The highest BCUT2D eigenvalue weighted by atomic mass is 35.5. The highest BCUT2D eigenvalue weighted by Crippen LogP contribution is 2.23. The van der Waals surface area contributed by atoms with Gasteiger partial charge in [-0.25, -0.2) is 0 Å². The fourth-order valence-electron chi connectivity index (χ4n) is 1.11. The first kappa shape index (κ1) is 14.3. The number of rotatable bonds is 3. The van der Waals surface area contributed by atoms with E-state index in [0.29, 0.717) is 16.3 Å². The summed E-state index contributed by atoms with van der Waals surface area (Å²) in [5, 5.41) is 7.85. The predicted molar refractivity (Wildman–Crippen MR) is 74.8 cm³/mol. The first-order valence-corrected chi connectivity index (χ1v) is 6.15. The van der Waals surface area contributed by atoms with Gasteiger partial charge in [0, 0.05) is 16.3 Å². The number of thioether (sulfide) groups is 1. The molecule has 0 heterocycles. The van der Waals surface area contributed by atoms with Gasteiger partial charge in [-0.3, -0.25) is 10.2 Å². The molecule has 0 radical (unpaired) electrons. The minimum Gasteiger partial charge on any atom is -0.370 e. The van der Waals surface area contributed by atoms with Gasteiger partial charge in [0.2, 0.25) is 5.91 Å². The summed E-state index contributed by atoms with van der Waals surface area (Å²) in [6, 6.07) is 4.75. The van der Waals surface area contributed by atoms with Crippen LogP contribution in [-0.2, 0) is 5.75 Å². The number of carbonyl (C=O) groups excluding carboxylic acids is 1. The second-order valence-corrected chi connectivity index (χ2v) is 4.67. The molecular formula is C10H12ClN5OS. The second kappa shape index (κ2) is 6.27. The van der Waals surface area contributed by atoms with Crippen molar-refractivity contribution in [3.05, 3.63) is 34.3 Å². The lowest BCUT2D eigenvalue weighted by atomic mass is 10.1. The van der Waals surface area contributed by atoms with Gasteiger partial charge >= 0.3 is 0 Å². The van der Waals surface area contributed by atoms with Gasteiger partial charge < -0.3 is 17.2 Å². The molecule has 0 bridgehead atoms. The Labute approximate surface area is 113 Å². The van der Waals surface area contributed by atoms with Gasteiger partial charge in [0.05, 0.1) is 0 Å². The summed E-state index contributed by atoms with van der Waals surface area (Å²) in [5.74, 6) is -0.278. The number of nitrogens with one attached hydrogen (secondary N) is 1. The zero-order valence-electron chi connectivity index (χ0n) is 9.31. The Hall–Kier alpha value is -1.73. The highest BCUT2D eigenvalue weighted by Gasteiger charge is 2.07. The van der Waals surface area contributed by atoms with E-state index in [1.54, 1.807) is 12.1 Å². The maximum Gasteiger partial charge on any atom is 0.248 e. The topological polar surface area (TPSA) is 131 Å². The van der Waals surface area contributed by atoms with Crippen LogP contribution in [0.25, 0.3) is 0 Å². The molecule has 0 unspecified atom stereocenters. The number of guanidine groups is 1. The van der Waals surface area contributed by atoms with E-state index in [2.05, 4.69) is 4.99 Å². The van der Waals surface area contributed by atoms with Crippen LogP contribution < -0.4 is 17.2 Å². The van der Waals surface area contributed by atoms with Crippen LogP contribution in [0, 0.1) is 5.41 Å². The average molecular weight is 286 g/mol. The van der Waals surface area contributed by atoms with E-state index in [4.69, 9.17) is 34.2 Å². The summed E-state index contributed by atoms with van der Waals surface area (Å²) in [4.78, 5) is 14.5. The summed E-state index contributed by atoms with van der Waals surface area (Å²) in [6.45, 7) is 0. The van der Waals surface area contributed by atoms with Gasteiger partial charge in [-0.1, -0.05) is 29.4 Å². The van der Waals surface area contributed by atoms with Crippen molar-refractivity contribution in [1.82, 2.24) is 0 Å². The van der Waals surface area contributed by atoms with Crippen molar-refractivity contribution in [3.63, 3.8) is 0 Å². The number of nitrogens with two attached hydrogens (primary N) is 3. The molecule has 8 heteroatoms. The molecule has 1 rings (SSSR count). The summed E-state index contributed by atoms with van der Waals surface area (Å²) < 4.78 is 0. The highest BCUT2D eigenvalue weighted by molar-refractivity contribution is 8.13. The molecule has 0 fully saturated rings. The fourth-order valence-corrected chi connectivity index (χ4v) is 2.15. The predicted octanol–water partition coefficient (Wildman–Crippen LogP) is 0.880. The van der Waals surface area contributed by atoms with E-state index >= 15 is 0 Å². The summed E-state index contributed by atoms with van der Waals surface area (Å²) >= 11 is 7.11. The number of amides is 1. The molecule has 0 aliphatic rings. The van der Waals surface area contributed by atoms with Crippen LogP contribution in [-0.4, -0.2) is 17.0 Å². The standard InChI is InChI=1S/C10H12ClN5OS/c11-7-3-5(8(12)17)1-2-6(7)4-18-10(15)16-9(13)14/h1-3H,4H2,(H2,12,17)(H5,13,14,15,16). The van der Waals surface area contributed by atoms with E-state index < -0.39 is 5.91 Å². The van der Waals surface area contributed by atoms with Gasteiger partial charge in [-0.2, -0.15) is 4.99 Å². The van der Waals surface area contributed by atoms with E-state index in [1.807, 2.05) is 0 Å². The molecule has 96 valence electrons. The molecule has 0 saturated heterocycles. The number of carbonyl (C=O) groups is 1. The molecule has 1 aromatic rings. The minimum atomic E-state index is -0.538. The Morgan fingerprint density at radius 2 is 2.06 bits per heavy atom. The number of nitrogens with zero attached hydrogens (tertiary/aromatic N) is 1. The van der Waals surface area contributed by atoms with Gasteiger partial charge in [0.25, 0.3) is 0 Å². The molecule has 18 heavy (non-hydrogen) atoms. The third kappa shape index (κ3) is 4.27. The van der Waals surface area contributed by atoms with Crippen LogP contribution in [0.15, 0.2) is 23.2 Å². The number of hydrogen-bond acceptors (Lipinski definition) is 3. The number of aliphatic imine (C=N–C) groups is 1. The number of primary amides is 1. The van der Waals surface area contributed by atoms with Gasteiger partial charge in [-0.05, 0) is 17.7 Å². The largest absolute Gasteiger partial charge is 0.370 e. The first-order valence-electron chi connectivity index (χ1n) is 4.79. The molecule has 0 aromatic heterocycles. The molecule has 0 saturated carbocycles. The third-order valence-corrected chi connectivity index (χ3v) is 3.10. The second-order valence-electron chi connectivity index (χ2n) is 3.30. The van der Waals surface area contributed by atoms with Crippen LogP contribution in [0.2, 0.25) is 5.02 Å². The van der Waals surface area contributed by atoms with E-state index in [-0.39, 0.29) is 11.1 Å². The van der Waals surface area contributed by atoms with Crippen LogP contribution >= 0.6 is 23.4 Å². The average Bonchev–Trinajstić information content (AvgIpc) is 2.26. The lowest BCUT2D eigenvalue weighted by Gasteiger charge is -2.04. The van der Waals surface area contributed by atoms with Crippen molar-refractivity contribution in [2.24, 2.45) is 22.2 Å². The first-order chi connectivity index (χ1) is 8.40. The minimum absolute atomic E-state index is 0.00922. The SMILES string of the molecule is N=C(N=C(N)N)SCc1ccc(C(N)=O)cc1Cl. The van der Waals surface area contributed by atoms with Crippen molar-refractivity contribution in [2.75, 3.05) is 0 Å². The van der Waals surface area contributed by atoms with Crippen molar-refractivity contribution < 1.29 is 4.79 Å². The molecule has 6 nitrogen and oxygen atoms in total. The summed E-state index contributed by atoms with van der Waals surface area (Å²) in [6.07, 6.45) is 0. The van der Waals surface area contributed by atoms with Crippen LogP contribution in [0.5, 0.6) is 0 Å². The molecule has 0 spiro atoms. The van der Waals surface area contributed by atoms with Crippen LogP contribution in [0.3, 0.4) is 0 Å². The molecule has 7 N–H and O–H groups in total. The molecule has 0 aliphatic heterocycles. The number of halogens is 1. The molecule has 1 amide bonds. The van der Waals surface area contributed by atoms with Crippen molar-refractivity contribution >= 4 is 40.4 Å². The Balaban J connectivity index is 2.72. The van der Waals surface area contributed by atoms with E-state index in [9.17, 15) is 4.79 Å². The Bertz CT molecular complexity index is 513. The van der Waals surface area contributed by atoms with Gasteiger partial charge in [0.1, 0.15) is 0 Å². The number of amidine groups is 1. The van der Waals surface area contributed by atoms with Gasteiger partial charge in [-0.15, -0.1) is 0 Å². The summed E-state index contributed by atoms with van der Waals surface area (Å²) in [7, 11) is 0. The van der Waals surface area contributed by atoms with Gasteiger partial charge in [0.15, 0.2) is 11.1 Å². The Morgan fingerprint density at radius 3 is 2.56 bits per heavy atom. The van der Waals surface area contributed by atoms with Crippen LogP contribution in [0.1, 0.15) is 15.9 Å². The zero-order chi connectivity index (χ0) is 13.7. The smallest absolute Gasteiger partial charge is 0.248 e. The number of hydrogen-bond donors (Lipinski definition) is 4. The lowest BCUT2D eigenvalue weighted by Crippen LogP contribution is -2.23. The van der Waals surface area contributed by atoms with Crippen molar-refractivity contribution in [2.45, 2.75) is 5.75 Å².